The highest BCUT2D eigenvalue weighted by Gasteiger charge is 1.98. The fourth-order valence-electron chi connectivity index (χ4n) is 0. The van der Waals surface area contributed by atoms with Gasteiger partial charge in [-0.1, -0.05) is 0 Å². The van der Waals surface area contributed by atoms with E-state index in [0.29, 0.717) is 0 Å². The molecule has 74 valence electrons. The maximum absolute atomic E-state index is 8.60. The molecule has 0 saturated heterocycles. The van der Waals surface area contributed by atoms with Gasteiger partial charge in [0.2, 0.25) is 0 Å². The molecule has 0 radical (unpaired) electrons. The lowest BCUT2D eigenvalue weighted by Gasteiger charge is -2.03. The van der Waals surface area contributed by atoms with E-state index >= 15 is 0 Å². The molecule has 11 heavy (non-hydrogen) atoms. The quantitative estimate of drug-likeness (QED) is 0.302. The van der Waals surface area contributed by atoms with Crippen molar-refractivity contribution in [3.63, 3.8) is 0 Å². The predicted octanol–water partition coefficient (Wildman–Crippen LogP) is -6.73. The zero-order valence-electron chi connectivity index (χ0n) is 5.11. The summed E-state index contributed by atoms with van der Waals surface area (Å²) in [6, 6.07) is 0. The van der Waals surface area contributed by atoms with Gasteiger partial charge in [-0.3, -0.25) is 0 Å². The van der Waals surface area contributed by atoms with Gasteiger partial charge in [-0.2, -0.15) is 14.0 Å². The molecule has 0 amide bonds. The first-order chi connectivity index (χ1) is 3.73. The number of rotatable bonds is 0. The van der Waals surface area contributed by atoms with Crippen molar-refractivity contribution in [2.45, 2.75) is 0 Å². The van der Waals surface area contributed by atoms with Gasteiger partial charge in [-0.25, -0.2) is 0 Å². The number of hydrogen-bond acceptors (Lipinski definition) is 9. The molecule has 9 nitrogen and oxygen atoms in total. The van der Waals surface area contributed by atoms with E-state index in [9.17, 15) is 0 Å². The van der Waals surface area contributed by atoms with E-state index < -0.39 is 21.0 Å². The lowest BCUT2D eigenvalue weighted by Crippen LogP contribution is -2.58. The average molecular weight is 219 g/mol. The van der Waals surface area contributed by atoms with Crippen molar-refractivity contribution < 1.29 is 53.6 Å². The van der Waals surface area contributed by atoms with Gasteiger partial charge >= 0.3 is 0 Å². The highest BCUT2D eigenvalue weighted by molar-refractivity contribution is 2.15. The Balaban J connectivity index is -0.0000000383. The molecule has 0 atom stereocenters. The van der Waals surface area contributed by atoms with Crippen molar-refractivity contribution in [3.05, 3.63) is 0 Å². The lowest BCUT2D eigenvalue weighted by atomic mass is 14.0. The molecule has 0 saturated carbocycles. The van der Waals surface area contributed by atoms with Gasteiger partial charge in [-0.05, 0) is 0 Å². The molecule has 11 heteroatoms. The van der Waals surface area contributed by atoms with Crippen LogP contribution < -0.4 is 35.6 Å². The summed E-state index contributed by atoms with van der Waals surface area (Å²) in [5, 5.41) is 0. The fraction of sp³-hybridized carbons (Fsp3) is 0. The van der Waals surface area contributed by atoms with Crippen LogP contribution in [0, 0.1) is 21.0 Å². The summed E-state index contributed by atoms with van der Waals surface area (Å²) in [5.41, 5.74) is 0. The van der Waals surface area contributed by atoms with Gasteiger partial charge in [0.05, 0.1) is 14.9 Å². The van der Waals surface area contributed by atoms with Gasteiger partial charge < -0.3 is 21.6 Å². The normalized spacial score (nSPS) is 8.73. The van der Waals surface area contributed by atoms with Crippen LogP contribution in [0.2, 0.25) is 0 Å². The molecule has 0 aliphatic heterocycles. The fourth-order valence-corrected chi connectivity index (χ4v) is 0. The van der Waals surface area contributed by atoms with Crippen LogP contribution >= 0.6 is 0 Å². The second-order valence-electron chi connectivity index (χ2n) is 0.597. The van der Waals surface area contributed by atoms with E-state index in [1.165, 1.54) is 0 Å². The van der Waals surface area contributed by atoms with Crippen molar-refractivity contribution in [1.82, 2.24) is 12.3 Å². The minimum atomic E-state index is -4.69. The van der Waals surface area contributed by atoms with Gasteiger partial charge in [-0.15, -0.1) is 0 Å². The Bertz CT molecular complexity index is 51.2. The zero-order chi connectivity index (χ0) is 8.08. The molecule has 0 fully saturated rings. The SMILES string of the molecule is N.N.[O-][Cl+2]([O-])O.[O-][Cl+3]([O-])([O-])O. The van der Waals surface area contributed by atoms with E-state index in [2.05, 4.69) is 0 Å². The van der Waals surface area contributed by atoms with Gasteiger partial charge in [0.1, 0.15) is 0 Å². The van der Waals surface area contributed by atoms with E-state index in [1.807, 2.05) is 0 Å². The summed E-state index contributed by atoms with van der Waals surface area (Å²) in [4.78, 5) is 0. The molecule has 0 aliphatic rings. The smallest absolute Gasteiger partial charge is 0.282 e. The summed E-state index contributed by atoms with van der Waals surface area (Å²) in [6.07, 6.45) is 0. The second-order valence-corrected chi connectivity index (χ2v) is 1.79. The standard InChI is InChI=1S/ClHO4.ClHO3.2H3N/c2-1(3,4)5;2-1(3)4;;/h(H,2,3,4,5);2H;2*1H3. The Labute approximate surface area is 66.8 Å². The average Bonchev–Trinajstić information content (AvgIpc) is 1.19. The van der Waals surface area contributed by atoms with Crippen LogP contribution in [-0.4, -0.2) is 9.32 Å². The molecule has 0 spiro atoms. The Morgan fingerprint density at radius 2 is 1.00 bits per heavy atom. The first kappa shape index (κ1) is 22.5. The zero-order valence-corrected chi connectivity index (χ0v) is 6.62. The maximum Gasteiger partial charge on any atom is 0.282 e. The molecule has 0 bridgehead atoms. The third-order valence-electron chi connectivity index (χ3n) is 0. The van der Waals surface area contributed by atoms with E-state index in [-0.39, 0.29) is 12.3 Å². The van der Waals surface area contributed by atoms with Gasteiger partial charge in [0.25, 0.3) is 10.8 Å². The highest BCUT2D eigenvalue weighted by atomic mass is 35.7. The topological polar surface area (TPSA) is 226 Å². The minimum absolute atomic E-state index is 0. The van der Waals surface area contributed by atoms with Crippen LogP contribution in [0.3, 0.4) is 0 Å². The summed E-state index contributed by atoms with van der Waals surface area (Å²) in [5.74, 6) is 0. The molecule has 0 heterocycles. The Hall–Kier alpha value is 0.220. The van der Waals surface area contributed by atoms with Crippen molar-refractivity contribution in [1.29, 1.82) is 0 Å². The summed E-state index contributed by atoms with van der Waals surface area (Å²) in [6.45, 7) is 0. The molecule has 0 aromatic heterocycles. The summed E-state index contributed by atoms with van der Waals surface area (Å²) >= 11 is 0. The Morgan fingerprint density at radius 1 is 1.00 bits per heavy atom. The lowest BCUT2D eigenvalue weighted by molar-refractivity contribution is -1.92. The van der Waals surface area contributed by atoms with Gasteiger partial charge in [0, 0.05) is 4.66 Å². The molecular formula is H8Cl2N2O7. The first-order valence-electron chi connectivity index (χ1n) is 1.11. The summed E-state index contributed by atoms with van der Waals surface area (Å²) in [7, 11) is -7.30. The van der Waals surface area contributed by atoms with Crippen molar-refractivity contribution in [2.75, 3.05) is 0 Å². The molecule has 8 N–H and O–H groups in total. The Morgan fingerprint density at radius 3 is 1.00 bits per heavy atom. The van der Waals surface area contributed by atoms with Crippen LogP contribution in [0.15, 0.2) is 0 Å². The van der Waals surface area contributed by atoms with E-state index in [1.54, 1.807) is 0 Å². The van der Waals surface area contributed by atoms with Crippen LogP contribution in [0.25, 0.3) is 0 Å². The second kappa shape index (κ2) is 10.2. The highest BCUT2D eigenvalue weighted by Crippen LogP contribution is 1.60. The monoisotopic (exact) mass is 218 g/mol. The van der Waals surface area contributed by atoms with Crippen LogP contribution in [-0.2, 0) is 0 Å². The number of hydrogen-bond donors (Lipinski definition) is 4. The first-order valence-corrected chi connectivity index (χ1v) is 3.33. The largest absolute Gasteiger partial charge is 0.344 e. The van der Waals surface area contributed by atoms with E-state index in [0.717, 1.165) is 0 Å². The molecule has 0 aromatic rings. The van der Waals surface area contributed by atoms with E-state index in [4.69, 9.17) is 32.6 Å². The molecule has 0 rings (SSSR count). The molecule has 0 aromatic carbocycles. The van der Waals surface area contributed by atoms with Crippen molar-refractivity contribution >= 4 is 0 Å². The number of halogens is 2. The summed E-state index contributed by atoms with van der Waals surface area (Å²) < 4.78 is 56.7. The third kappa shape index (κ3) is 14300. The van der Waals surface area contributed by atoms with Crippen molar-refractivity contribution in [3.8, 4) is 0 Å². The van der Waals surface area contributed by atoms with Crippen LogP contribution in [0.1, 0.15) is 0 Å². The van der Waals surface area contributed by atoms with Crippen molar-refractivity contribution in [2.24, 2.45) is 0 Å². The van der Waals surface area contributed by atoms with Crippen LogP contribution in [0.5, 0.6) is 0 Å². The predicted molar refractivity (Wildman–Crippen MR) is 14.5 cm³/mol. The maximum atomic E-state index is 8.60. The molecule has 0 unspecified atom stereocenters. The molecular weight excluding hydrogens is 211 g/mol. The molecule has 0 aliphatic carbocycles. The van der Waals surface area contributed by atoms with Crippen LogP contribution in [0.4, 0.5) is 0 Å². The van der Waals surface area contributed by atoms with Gasteiger partial charge in [0.15, 0.2) is 0 Å². The minimum Gasteiger partial charge on any atom is -0.344 e. The Kier molecular flexibility index (Phi) is 20.9. The third-order valence-corrected chi connectivity index (χ3v) is 0.